The molecule has 6 heteroatoms. The van der Waals surface area contributed by atoms with Gasteiger partial charge in [0.2, 0.25) is 0 Å². The number of para-hydroxylation sites is 2. The van der Waals surface area contributed by atoms with Gasteiger partial charge in [-0.25, -0.2) is 0 Å². The lowest BCUT2D eigenvalue weighted by atomic mass is 10.2. The van der Waals surface area contributed by atoms with Crippen molar-refractivity contribution in [3.8, 4) is 5.75 Å². The minimum absolute atomic E-state index is 0.137. The van der Waals surface area contributed by atoms with Crippen LogP contribution in [0.15, 0.2) is 59.5 Å². The van der Waals surface area contributed by atoms with Crippen LogP contribution in [0.25, 0.3) is 6.08 Å². The lowest BCUT2D eigenvalue weighted by Gasteiger charge is -2.14. The molecule has 1 heterocycles. The molecule has 1 saturated heterocycles. The van der Waals surface area contributed by atoms with E-state index in [1.807, 2.05) is 54.6 Å². The van der Waals surface area contributed by atoms with Gasteiger partial charge in [-0.05, 0) is 36.0 Å². The Morgan fingerprint density at radius 1 is 1.08 bits per heavy atom. The van der Waals surface area contributed by atoms with Crippen LogP contribution < -0.4 is 10.1 Å². The number of nitrogens with zero attached hydrogens (tertiary/aromatic N) is 1. The van der Waals surface area contributed by atoms with Crippen molar-refractivity contribution in [3.63, 3.8) is 0 Å². The van der Waals surface area contributed by atoms with Crippen molar-refractivity contribution in [1.29, 1.82) is 0 Å². The average molecular weight is 340 g/mol. The van der Waals surface area contributed by atoms with E-state index in [9.17, 15) is 9.59 Å². The van der Waals surface area contributed by atoms with Crippen LogP contribution in [0.5, 0.6) is 5.75 Å². The third-order valence-electron chi connectivity index (χ3n) is 3.51. The highest BCUT2D eigenvalue weighted by Gasteiger charge is 2.34. The van der Waals surface area contributed by atoms with Gasteiger partial charge in [-0.2, -0.15) is 0 Å². The predicted molar refractivity (Wildman–Crippen MR) is 95.7 cm³/mol. The molecule has 1 N–H and O–H groups in total. The average Bonchev–Trinajstić information content (AvgIpc) is 2.88. The zero-order chi connectivity index (χ0) is 16.9. The van der Waals surface area contributed by atoms with Crippen molar-refractivity contribution in [3.05, 3.63) is 65.1 Å². The first kappa shape index (κ1) is 16.1. The highest BCUT2D eigenvalue weighted by Crippen LogP contribution is 2.33. The van der Waals surface area contributed by atoms with Crippen LogP contribution in [0.2, 0.25) is 0 Å². The Hall–Kier alpha value is -2.73. The standard InChI is InChI=1S/C18H16N2O3S/c1-23-15-10-6-5-7-13(15)11-16-17(21)20(18(22)24-16)12-19-14-8-3-2-4-9-14/h2-11,19H,12H2,1H3/b16-11-. The van der Waals surface area contributed by atoms with E-state index in [4.69, 9.17) is 4.74 Å². The minimum atomic E-state index is -0.306. The van der Waals surface area contributed by atoms with Crippen LogP contribution in [0, 0.1) is 0 Å². The quantitative estimate of drug-likeness (QED) is 0.839. The number of carbonyl (C=O) groups excluding carboxylic acids is 2. The molecule has 0 saturated carbocycles. The van der Waals surface area contributed by atoms with E-state index < -0.39 is 0 Å². The van der Waals surface area contributed by atoms with E-state index in [0.717, 1.165) is 23.0 Å². The summed E-state index contributed by atoms with van der Waals surface area (Å²) in [7, 11) is 1.57. The van der Waals surface area contributed by atoms with E-state index in [1.165, 1.54) is 4.90 Å². The normalized spacial score (nSPS) is 15.9. The van der Waals surface area contributed by atoms with E-state index in [2.05, 4.69) is 5.32 Å². The lowest BCUT2D eigenvalue weighted by molar-refractivity contribution is -0.122. The van der Waals surface area contributed by atoms with E-state index in [1.54, 1.807) is 13.2 Å². The van der Waals surface area contributed by atoms with Gasteiger partial charge in [-0.1, -0.05) is 36.4 Å². The molecule has 122 valence electrons. The highest BCUT2D eigenvalue weighted by atomic mass is 32.2. The summed E-state index contributed by atoms with van der Waals surface area (Å²) in [5.74, 6) is 0.353. The second-order valence-corrected chi connectivity index (χ2v) is 6.05. The van der Waals surface area contributed by atoms with Gasteiger partial charge in [0.05, 0.1) is 18.7 Å². The number of ether oxygens (including phenoxy) is 1. The molecule has 1 aliphatic rings. The van der Waals surface area contributed by atoms with E-state index in [0.29, 0.717) is 10.7 Å². The second kappa shape index (κ2) is 7.23. The molecule has 0 aromatic heterocycles. The van der Waals surface area contributed by atoms with Crippen LogP contribution in [0.3, 0.4) is 0 Å². The summed E-state index contributed by atoms with van der Waals surface area (Å²) in [4.78, 5) is 26.2. The first-order valence-electron chi connectivity index (χ1n) is 7.36. The van der Waals surface area contributed by atoms with Crippen molar-refractivity contribution in [2.75, 3.05) is 19.1 Å². The molecule has 2 aromatic carbocycles. The molecule has 2 amide bonds. The van der Waals surface area contributed by atoms with Crippen molar-refractivity contribution in [2.45, 2.75) is 0 Å². The van der Waals surface area contributed by atoms with Gasteiger partial charge in [0, 0.05) is 11.3 Å². The van der Waals surface area contributed by atoms with Crippen LogP contribution in [0.4, 0.5) is 10.5 Å². The number of imide groups is 1. The summed E-state index contributed by atoms with van der Waals surface area (Å²) in [6.45, 7) is 0.137. The van der Waals surface area contributed by atoms with Gasteiger partial charge in [-0.15, -0.1) is 0 Å². The molecule has 0 atom stereocenters. The molecule has 0 bridgehead atoms. The molecule has 24 heavy (non-hydrogen) atoms. The van der Waals surface area contributed by atoms with Gasteiger partial charge in [0.25, 0.3) is 11.1 Å². The molecule has 3 rings (SSSR count). The fourth-order valence-corrected chi connectivity index (χ4v) is 3.12. The van der Waals surface area contributed by atoms with Gasteiger partial charge < -0.3 is 10.1 Å². The Labute approximate surface area is 144 Å². The fraction of sp³-hybridized carbons (Fsp3) is 0.111. The largest absolute Gasteiger partial charge is 0.496 e. The van der Waals surface area contributed by atoms with Gasteiger partial charge in [0.1, 0.15) is 5.75 Å². The Morgan fingerprint density at radius 3 is 2.54 bits per heavy atom. The fourth-order valence-electron chi connectivity index (χ4n) is 2.29. The minimum Gasteiger partial charge on any atom is -0.496 e. The van der Waals surface area contributed by atoms with Crippen LogP contribution >= 0.6 is 11.8 Å². The van der Waals surface area contributed by atoms with Gasteiger partial charge >= 0.3 is 0 Å². The molecule has 0 aliphatic carbocycles. The topological polar surface area (TPSA) is 58.6 Å². The number of hydrogen-bond donors (Lipinski definition) is 1. The van der Waals surface area contributed by atoms with Gasteiger partial charge in [0.15, 0.2) is 0 Å². The Kier molecular flexibility index (Phi) is 4.86. The number of nitrogens with one attached hydrogen (secondary N) is 1. The zero-order valence-electron chi connectivity index (χ0n) is 13.1. The zero-order valence-corrected chi connectivity index (χ0v) is 13.9. The first-order valence-corrected chi connectivity index (χ1v) is 8.18. The Balaban J connectivity index is 1.75. The molecule has 0 radical (unpaired) electrons. The first-order chi connectivity index (χ1) is 11.7. The molecule has 1 aliphatic heterocycles. The summed E-state index contributed by atoms with van der Waals surface area (Å²) >= 11 is 0.934. The third-order valence-corrected chi connectivity index (χ3v) is 4.42. The number of rotatable bonds is 5. The van der Waals surface area contributed by atoms with E-state index in [-0.39, 0.29) is 17.8 Å². The summed E-state index contributed by atoms with van der Waals surface area (Å²) in [5.41, 5.74) is 1.62. The monoisotopic (exact) mass is 340 g/mol. The molecule has 2 aromatic rings. The van der Waals surface area contributed by atoms with Crippen molar-refractivity contribution in [2.24, 2.45) is 0 Å². The van der Waals surface area contributed by atoms with Crippen molar-refractivity contribution < 1.29 is 14.3 Å². The Morgan fingerprint density at radius 2 is 1.79 bits per heavy atom. The number of amides is 2. The smallest absolute Gasteiger partial charge is 0.295 e. The summed E-state index contributed by atoms with van der Waals surface area (Å²) in [6.07, 6.45) is 1.69. The number of benzene rings is 2. The number of carbonyl (C=O) groups is 2. The van der Waals surface area contributed by atoms with Crippen LogP contribution in [-0.4, -0.2) is 29.8 Å². The molecular formula is C18H16N2O3S. The summed E-state index contributed by atoms with van der Waals surface area (Å²) in [5, 5.41) is 2.79. The number of thioether (sulfide) groups is 1. The highest BCUT2D eigenvalue weighted by molar-refractivity contribution is 8.18. The van der Waals surface area contributed by atoms with Crippen LogP contribution in [-0.2, 0) is 4.79 Å². The summed E-state index contributed by atoms with van der Waals surface area (Å²) < 4.78 is 5.27. The maximum Gasteiger partial charge on any atom is 0.295 e. The van der Waals surface area contributed by atoms with Crippen molar-refractivity contribution >= 4 is 34.7 Å². The molecule has 5 nitrogen and oxygen atoms in total. The number of anilines is 1. The maximum atomic E-state index is 12.5. The summed E-state index contributed by atoms with van der Waals surface area (Å²) in [6, 6.07) is 16.8. The third kappa shape index (κ3) is 3.44. The second-order valence-electron chi connectivity index (χ2n) is 5.05. The lowest BCUT2D eigenvalue weighted by Crippen LogP contribution is -2.33. The predicted octanol–water partition coefficient (Wildman–Crippen LogP) is 3.80. The number of hydrogen-bond acceptors (Lipinski definition) is 5. The number of methoxy groups -OCH3 is 1. The molecule has 0 unspecified atom stereocenters. The van der Waals surface area contributed by atoms with Crippen LogP contribution in [0.1, 0.15) is 5.56 Å². The SMILES string of the molecule is COc1ccccc1/C=C1\SC(=O)N(CNc2ccccc2)C1=O. The maximum absolute atomic E-state index is 12.5. The molecule has 0 spiro atoms. The van der Waals surface area contributed by atoms with E-state index >= 15 is 0 Å². The van der Waals surface area contributed by atoms with Gasteiger partial charge in [-0.3, -0.25) is 14.5 Å². The Bertz CT molecular complexity index is 790. The van der Waals surface area contributed by atoms with Crippen molar-refractivity contribution in [1.82, 2.24) is 4.90 Å². The molecule has 1 fully saturated rings. The molecular weight excluding hydrogens is 324 g/mol.